The van der Waals surface area contributed by atoms with Gasteiger partial charge in [0.25, 0.3) is 0 Å². The third-order valence-corrected chi connectivity index (χ3v) is 6.11. The van der Waals surface area contributed by atoms with E-state index in [4.69, 9.17) is 0 Å². The van der Waals surface area contributed by atoms with Gasteiger partial charge in [0, 0.05) is 6.54 Å². The van der Waals surface area contributed by atoms with E-state index in [0.717, 1.165) is 45.2 Å². The zero-order chi connectivity index (χ0) is 17.2. The Morgan fingerprint density at radius 3 is 2.44 bits per heavy atom. The van der Waals surface area contributed by atoms with Crippen molar-refractivity contribution in [2.24, 2.45) is 5.92 Å². The van der Waals surface area contributed by atoms with Crippen LogP contribution in [0.1, 0.15) is 58.3 Å². The largest absolute Gasteiger partial charge is 0.390 e. The zero-order valence-electron chi connectivity index (χ0n) is 15.1. The van der Waals surface area contributed by atoms with Crippen LogP contribution < -0.4 is 10.6 Å². The molecule has 25 heavy (non-hydrogen) atoms. The van der Waals surface area contributed by atoms with E-state index in [1.165, 1.54) is 6.42 Å². The van der Waals surface area contributed by atoms with Gasteiger partial charge in [-0.1, -0.05) is 26.2 Å². The standard InChI is InChI=1S/C18H31N3O3.ClH/c1-2-12-21-16(23)14(15(22)13-6-4-3-5-7-13)20-17(24)18(21)8-10-19-11-9-18;/h13-15,19,22H,2-12H2,1H3,(H,20,24);1H/t14-,15-;/m1./s1. The maximum Gasteiger partial charge on any atom is 0.248 e. The van der Waals surface area contributed by atoms with Crippen molar-refractivity contribution in [1.82, 2.24) is 15.5 Å². The highest BCUT2D eigenvalue weighted by Gasteiger charge is 2.54. The lowest BCUT2D eigenvalue weighted by atomic mass is 9.78. The SMILES string of the molecule is CCCN1C(=O)[C@@H]([C@H](O)C2CCCCC2)NC(=O)C12CCNCC2.Cl. The van der Waals surface area contributed by atoms with Gasteiger partial charge < -0.3 is 20.6 Å². The first-order chi connectivity index (χ1) is 11.6. The topological polar surface area (TPSA) is 81.7 Å². The Balaban J connectivity index is 0.00000225. The number of rotatable bonds is 4. The Hall–Kier alpha value is -0.850. The molecule has 3 N–H and O–H groups in total. The van der Waals surface area contributed by atoms with Gasteiger partial charge in [-0.3, -0.25) is 9.59 Å². The molecule has 1 saturated carbocycles. The summed E-state index contributed by atoms with van der Waals surface area (Å²) in [5.74, 6) is -0.0353. The van der Waals surface area contributed by atoms with Crippen LogP contribution in [-0.4, -0.2) is 59.1 Å². The summed E-state index contributed by atoms with van der Waals surface area (Å²) in [5.41, 5.74) is -0.721. The molecule has 0 aromatic heterocycles. The second-order valence-corrected chi connectivity index (χ2v) is 7.61. The summed E-state index contributed by atoms with van der Waals surface area (Å²) in [6.45, 7) is 4.11. The summed E-state index contributed by atoms with van der Waals surface area (Å²) in [7, 11) is 0. The molecule has 0 aromatic carbocycles. The number of hydrogen-bond donors (Lipinski definition) is 3. The van der Waals surface area contributed by atoms with Crippen molar-refractivity contribution in [3.8, 4) is 0 Å². The van der Waals surface area contributed by atoms with Crippen LogP contribution in [0.15, 0.2) is 0 Å². The fraction of sp³-hybridized carbons (Fsp3) is 0.889. The maximum absolute atomic E-state index is 13.1. The predicted molar refractivity (Wildman–Crippen MR) is 98.6 cm³/mol. The molecule has 144 valence electrons. The minimum Gasteiger partial charge on any atom is -0.390 e. The molecule has 2 atom stereocenters. The minimum atomic E-state index is -0.771. The molecule has 2 heterocycles. The summed E-state index contributed by atoms with van der Waals surface area (Å²) < 4.78 is 0. The second-order valence-electron chi connectivity index (χ2n) is 7.61. The summed E-state index contributed by atoms with van der Waals surface area (Å²) in [5, 5.41) is 17.0. The van der Waals surface area contributed by atoms with Gasteiger partial charge in [0.1, 0.15) is 11.6 Å². The maximum atomic E-state index is 13.1. The number of carbonyl (C=O) groups excluding carboxylic acids is 2. The molecule has 3 aliphatic rings. The van der Waals surface area contributed by atoms with Crippen LogP contribution >= 0.6 is 12.4 Å². The smallest absolute Gasteiger partial charge is 0.248 e. The molecule has 1 aliphatic carbocycles. The number of amides is 2. The van der Waals surface area contributed by atoms with Gasteiger partial charge in [-0.25, -0.2) is 0 Å². The molecule has 0 radical (unpaired) electrons. The molecule has 1 spiro atoms. The van der Waals surface area contributed by atoms with E-state index in [1.807, 2.05) is 6.92 Å². The number of carbonyl (C=O) groups is 2. The van der Waals surface area contributed by atoms with Crippen LogP contribution in [0, 0.1) is 5.92 Å². The predicted octanol–water partition coefficient (Wildman–Crippen LogP) is 1.21. The summed E-state index contributed by atoms with van der Waals surface area (Å²) in [6.07, 6.45) is 6.66. The number of hydrogen-bond acceptors (Lipinski definition) is 4. The van der Waals surface area contributed by atoms with Crippen LogP contribution in [0.4, 0.5) is 0 Å². The van der Waals surface area contributed by atoms with Crippen molar-refractivity contribution in [3.05, 3.63) is 0 Å². The first kappa shape index (κ1) is 20.5. The van der Waals surface area contributed by atoms with Crippen molar-refractivity contribution >= 4 is 24.2 Å². The highest BCUT2D eigenvalue weighted by molar-refractivity contribution is 6.00. The first-order valence-electron chi connectivity index (χ1n) is 9.61. The van der Waals surface area contributed by atoms with Crippen molar-refractivity contribution in [2.75, 3.05) is 19.6 Å². The molecule has 2 saturated heterocycles. The Morgan fingerprint density at radius 1 is 1.20 bits per heavy atom. The summed E-state index contributed by atoms with van der Waals surface area (Å²) in [4.78, 5) is 27.9. The van der Waals surface area contributed by atoms with Crippen molar-refractivity contribution in [2.45, 2.75) is 76.0 Å². The van der Waals surface area contributed by atoms with Gasteiger partial charge in [-0.15, -0.1) is 12.4 Å². The third-order valence-electron chi connectivity index (χ3n) is 6.11. The second kappa shape index (κ2) is 8.69. The van der Waals surface area contributed by atoms with E-state index in [1.54, 1.807) is 4.90 Å². The molecule has 7 heteroatoms. The molecule has 3 fully saturated rings. The van der Waals surface area contributed by atoms with Crippen LogP contribution in [0.2, 0.25) is 0 Å². The first-order valence-corrected chi connectivity index (χ1v) is 9.61. The van der Waals surface area contributed by atoms with E-state index >= 15 is 0 Å². The van der Waals surface area contributed by atoms with Gasteiger partial charge >= 0.3 is 0 Å². The van der Waals surface area contributed by atoms with Gasteiger partial charge in [0.2, 0.25) is 11.8 Å². The van der Waals surface area contributed by atoms with Gasteiger partial charge in [-0.2, -0.15) is 0 Å². The minimum absolute atomic E-state index is 0. The van der Waals surface area contributed by atoms with E-state index < -0.39 is 17.7 Å². The highest BCUT2D eigenvalue weighted by Crippen LogP contribution is 2.34. The van der Waals surface area contributed by atoms with Crippen molar-refractivity contribution < 1.29 is 14.7 Å². The zero-order valence-corrected chi connectivity index (χ0v) is 15.9. The van der Waals surface area contributed by atoms with E-state index in [2.05, 4.69) is 10.6 Å². The molecule has 0 aromatic rings. The fourth-order valence-electron chi connectivity index (χ4n) is 4.70. The molecule has 6 nitrogen and oxygen atoms in total. The molecular formula is C18H32ClN3O3. The van der Waals surface area contributed by atoms with Gasteiger partial charge in [-0.05, 0) is 51.1 Å². The summed E-state index contributed by atoms with van der Waals surface area (Å²) in [6, 6.07) is -0.771. The van der Waals surface area contributed by atoms with Crippen molar-refractivity contribution in [3.63, 3.8) is 0 Å². The van der Waals surface area contributed by atoms with Crippen LogP contribution in [0.3, 0.4) is 0 Å². The van der Waals surface area contributed by atoms with Crippen LogP contribution in [-0.2, 0) is 9.59 Å². The third kappa shape index (κ3) is 3.81. The number of piperazine rings is 1. The highest BCUT2D eigenvalue weighted by atomic mass is 35.5. The Labute approximate surface area is 156 Å². The molecule has 2 amide bonds. The lowest BCUT2D eigenvalue weighted by Gasteiger charge is -2.51. The molecule has 3 rings (SSSR count). The molecule has 2 aliphatic heterocycles. The van der Waals surface area contributed by atoms with E-state index in [-0.39, 0.29) is 30.1 Å². The Kier molecular flexibility index (Phi) is 7.11. The van der Waals surface area contributed by atoms with Gasteiger partial charge in [0.05, 0.1) is 6.10 Å². The monoisotopic (exact) mass is 373 g/mol. The van der Waals surface area contributed by atoms with E-state index in [0.29, 0.717) is 19.4 Å². The number of nitrogens with one attached hydrogen (secondary N) is 2. The lowest BCUT2D eigenvalue weighted by molar-refractivity contribution is -0.164. The Morgan fingerprint density at radius 2 is 1.84 bits per heavy atom. The fourth-order valence-corrected chi connectivity index (χ4v) is 4.70. The quantitative estimate of drug-likeness (QED) is 0.691. The summed E-state index contributed by atoms with van der Waals surface area (Å²) >= 11 is 0. The number of nitrogens with zero attached hydrogens (tertiary/aromatic N) is 1. The van der Waals surface area contributed by atoms with Crippen LogP contribution in [0.5, 0.6) is 0 Å². The molecule has 0 unspecified atom stereocenters. The molecular weight excluding hydrogens is 342 g/mol. The van der Waals surface area contributed by atoms with Crippen LogP contribution in [0.25, 0.3) is 0 Å². The lowest BCUT2D eigenvalue weighted by Crippen LogP contribution is -2.74. The average Bonchev–Trinajstić information content (AvgIpc) is 2.63. The Bertz CT molecular complexity index is 476. The van der Waals surface area contributed by atoms with Crippen molar-refractivity contribution in [1.29, 1.82) is 0 Å². The normalized spacial score (nSPS) is 28.4. The van der Waals surface area contributed by atoms with E-state index in [9.17, 15) is 14.7 Å². The molecule has 0 bridgehead atoms. The number of piperidine rings is 1. The number of aliphatic hydroxyl groups is 1. The number of halogens is 1. The number of aliphatic hydroxyl groups excluding tert-OH is 1. The average molecular weight is 374 g/mol. The van der Waals surface area contributed by atoms with Gasteiger partial charge in [0.15, 0.2) is 0 Å².